The molecule has 1 rings (SSSR count). The van der Waals surface area contributed by atoms with E-state index in [4.69, 9.17) is 5.73 Å². The Hall–Kier alpha value is -1.56. The summed E-state index contributed by atoms with van der Waals surface area (Å²) >= 11 is 1.32. The fourth-order valence-electron chi connectivity index (χ4n) is 1.32. The van der Waals surface area contributed by atoms with Crippen LogP contribution in [0.2, 0.25) is 0 Å². The van der Waals surface area contributed by atoms with Crippen molar-refractivity contribution >= 4 is 28.8 Å². The molecule has 18 heavy (non-hydrogen) atoms. The Morgan fingerprint density at radius 3 is 2.44 bits per heavy atom. The summed E-state index contributed by atoms with van der Waals surface area (Å²) in [6.45, 7) is 7.47. The van der Waals surface area contributed by atoms with Gasteiger partial charge in [0.05, 0.1) is 11.4 Å². The zero-order chi connectivity index (χ0) is 13.9. The SMILES string of the molecule is Cc1sc(C(=O)NCC(=O)NC(C)(C)C)cc1N. The van der Waals surface area contributed by atoms with Crippen molar-refractivity contribution in [3.8, 4) is 0 Å². The molecule has 100 valence electrons. The standard InChI is InChI=1S/C12H19N3O2S/c1-7-8(13)5-9(18-7)11(17)14-6-10(16)15-12(2,3)4/h5H,6,13H2,1-4H3,(H,14,17)(H,15,16). The Balaban J connectivity index is 2.49. The monoisotopic (exact) mass is 269 g/mol. The number of hydrogen-bond acceptors (Lipinski definition) is 4. The van der Waals surface area contributed by atoms with Gasteiger partial charge in [0.2, 0.25) is 5.91 Å². The zero-order valence-corrected chi connectivity index (χ0v) is 11.9. The summed E-state index contributed by atoms with van der Waals surface area (Å²) in [5.41, 5.74) is 5.97. The Kier molecular flexibility index (Phi) is 4.34. The summed E-state index contributed by atoms with van der Waals surface area (Å²) in [6.07, 6.45) is 0. The van der Waals surface area contributed by atoms with Gasteiger partial charge in [-0.05, 0) is 33.8 Å². The summed E-state index contributed by atoms with van der Waals surface area (Å²) in [6, 6.07) is 1.62. The molecule has 0 aliphatic rings. The van der Waals surface area contributed by atoms with Crippen molar-refractivity contribution in [1.82, 2.24) is 10.6 Å². The van der Waals surface area contributed by atoms with Gasteiger partial charge in [0.1, 0.15) is 0 Å². The molecule has 0 saturated heterocycles. The number of carbonyl (C=O) groups excluding carboxylic acids is 2. The molecule has 4 N–H and O–H groups in total. The maximum Gasteiger partial charge on any atom is 0.261 e. The van der Waals surface area contributed by atoms with Gasteiger partial charge in [-0.25, -0.2) is 0 Å². The lowest BCUT2D eigenvalue weighted by Crippen LogP contribution is -2.45. The third-order valence-corrected chi connectivity index (χ3v) is 3.17. The first-order valence-corrected chi connectivity index (χ1v) is 6.46. The van der Waals surface area contributed by atoms with Crippen LogP contribution in [0.5, 0.6) is 0 Å². The van der Waals surface area contributed by atoms with Crippen LogP contribution >= 0.6 is 11.3 Å². The van der Waals surface area contributed by atoms with Crippen LogP contribution in [0.1, 0.15) is 35.3 Å². The molecule has 0 aliphatic carbocycles. The van der Waals surface area contributed by atoms with Gasteiger partial charge in [-0.15, -0.1) is 11.3 Å². The highest BCUT2D eigenvalue weighted by molar-refractivity contribution is 7.14. The number of nitrogens with two attached hydrogens (primary N) is 1. The highest BCUT2D eigenvalue weighted by atomic mass is 32.1. The van der Waals surface area contributed by atoms with Crippen LogP contribution in [-0.2, 0) is 4.79 Å². The maximum absolute atomic E-state index is 11.7. The van der Waals surface area contributed by atoms with Gasteiger partial charge in [0.25, 0.3) is 5.91 Å². The number of anilines is 1. The number of thiophene rings is 1. The second-order valence-electron chi connectivity index (χ2n) is 5.10. The maximum atomic E-state index is 11.7. The second kappa shape index (κ2) is 5.39. The van der Waals surface area contributed by atoms with Gasteiger partial charge >= 0.3 is 0 Å². The molecule has 1 aromatic rings. The number of nitrogen functional groups attached to an aromatic ring is 1. The zero-order valence-electron chi connectivity index (χ0n) is 11.1. The lowest BCUT2D eigenvalue weighted by molar-refractivity contribution is -0.121. The van der Waals surface area contributed by atoms with Crippen LogP contribution in [0, 0.1) is 6.92 Å². The molecular weight excluding hydrogens is 250 g/mol. The number of nitrogens with one attached hydrogen (secondary N) is 2. The molecule has 0 atom stereocenters. The molecule has 1 aromatic heterocycles. The molecule has 0 bridgehead atoms. The fourth-order valence-corrected chi connectivity index (χ4v) is 2.18. The van der Waals surface area contributed by atoms with Gasteiger partial charge in [0.15, 0.2) is 0 Å². The number of hydrogen-bond donors (Lipinski definition) is 3. The van der Waals surface area contributed by atoms with Crippen LogP contribution in [0.3, 0.4) is 0 Å². The summed E-state index contributed by atoms with van der Waals surface area (Å²) in [7, 11) is 0. The van der Waals surface area contributed by atoms with E-state index in [0.29, 0.717) is 10.6 Å². The molecule has 0 spiro atoms. The fraction of sp³-hybridized carbons (Fsp3) is 0.500. The van der Waals surface area contributed by atoms with Crippen molar-refractivity contribution in [2.45, 2.75) is 33.2 Å². The number of carbonyl (C=O) groups is 2. The van der Waals surface area contributed by atoms with Crippen LogP contribution in [0.15, 0.2) is 6.07 Å². The molecule has 0 aromatic carbocycles. The van der Waals surface area contributed by atoms with E-state index in [2.05, 4.69) is 10.6 Å². The third kappa shape index (κ3) is 4.37. The lowest BCUT2D eigenvalue weighted by Gasteiger charge is -2.20. The van der Waals surface area contributed by atoms with E-state index in [0.717, 1.165) is 4.88 Å². The Labute approximate surface area is 111 Å². The van der Waals surface area contributed by atoms with Gasteiger partial charge in [-0.1, -0.05) is 0 Å². The molecule has 6 heteroatoms. The molecule has 0 aliphatic heterocycles. The summed E-state index contributed by atoms with van der Waals surface area (Å²) in [5.74, 6) is -0.485. The van der Waals surface area contributed by atoms with Gasteiger partial charge < -0.3 is 16.4 Å². The Bertz CT molecular complexity index is 441. The minimum Gasteiger partial charge on any atom is -0.398 e. The van der Waals surface area contributed by atoms with Crippen molar-refractivity contribution in [2.24, 2.45) is 0 Å². The highest BCUT2D eigenvalue weighted by Crippen LogP contribution is 2.22. The van der Waals surface area contributed by atoms with E-state index < -0.39 is 0 Å². The number of aryl methyl sites for hydroxylation is 1. The predicted octanol–water partition coefficient (Wildman–Crippen LogP) is 1.28. The van der Waals surface area contributed by atoms with Crippen molar-refractivity contribution in [3.63, 3.8) is 0 Å². The molecule has 0 radical (unpaired) electrons. The minimum absolute atomic E-state index is 0.0348. The van der Waals surface area contributed by atoms with E-state index in [1.165, 1.54) is 11.3 Å². The smallest absolute Gasteiger partial charge is 0.261 e. The normalized spacial score (nSPS) is 11.1. The highest BCUT2D eigenvalue weighted by Gasteiger charge is 2.15. The first kappa shape index (κ1) is 14.5. The molecule has 0 fully saturated rings. The van der Waals surface area contributed by atoms with E-state index in [1.807, 2.05) is 27.7 Å². The van der Waals surface area contributed by atoms with E-state index in [-0.39, 0.29) is 23.9 Å². The predicted molar refractivity (Wildman–Crippen MR) is 73.7 cm³/mol. The molecule has 0 saturated carbocycles. The van der Waals surface area contributed by atoms with Gasteiger partial charge in [-0.2, -0.15) is 0 Å². The van der Waals surface area contributed by atoms with Crippen molar-refractivity contribution in [2.75, 3.05) is 12.3 Å². The quantitative estimate of drug-likeness (QED) is 0.773. The minimum atomic E-state index is -0.300. The van der Waals surface area contributed by atoms with Crippen LogP contribution in [0.25, 0.3) is 0 Å². The second-order valence-corrected chi connectivity index (χ2v) is 6.36. The van der Waals surface area contributed by atoms with E-state index in [1.54, 1.807) is 6.07 Å². The topological polar surface area (TPSA) is 84.2 Å². The van der Waals surface area contributed by atoms with Crippen molar-refractivity contribution < 1.29 is 9.59 Å². The average molecular weight is 269 g/mol. The molecule has 5 nitrogen and oxygen atoms in total. The number of rotatable bonds is 3. The van der Waals surface area contributed by atoms with Crippen LogP contribution in [0.4, 0.5) is 5.69 Å². The summed E-state index contributed by atoms with van der Waals surface area (Å²) in [5, 5.41) is 5.33. The third-order valence-electron chi connectivity index (χ3n) is 2.10. The summed E-state index contributed by atoms with van der Waals surface area (Å²) in [4.78, 5) is 24.7. The molecular formula is C12H19N3O2S. The Morgan fingerprint density at radius 2 is 2.00 bits per heavy atom. The van der Waals surface area contributed by atoms with Gasteiger partial charge in [0, 0.05) is 16.1 Å². The summed E-state index contributed by atoms with van der Waals surface area (Å²) < 4.78 is 0. The molecule has 1 heterocycles. The van der Waals surface area contributed by atoms with Gasteiger partial charge in [-0.3, -0.25) is 9.59 Å². The Morgan fingerprint density at radius 1 is 1.39 bits per heavy atom. The molecule has 2 amide bonds. The number of amides is 2. The van der Waals surface area contributed by atoms with Crippen LogP contribution in [-0.4, -0.2) is 23.9 Å². The van der Waals surface area contributed by atoms with Crippen molar-refractivity contribution in [1.29, 1.82) is 0 Å². The largest absolute Gasteiger partial charge is 0.398 e. The first-order valence-electron chi connectivity index (χ1n) is 5.64. The molecule has 0 unspecified atom stereocenters. The lowest BCUT2D eigenvalue weighted by atomic mass is 10.1. The first-order chi connectivity index (χ1) is 8.19. The average Bonchev–Trinajstić information content (AvgIpc) is 2.53. The van der Waals surface area contributed by atoms with Crippen LogP contribution < -0.4 is 16.4 Å². The van der Waals surface area contributed by atoms with E-state index >= 15 is 0 Å². The van der Waals surface area contributed by atoms with E-state index in [9.17, 15) is 9.59 Å². The van der Waals surface area contributed by atoms with Crippen molar-refractivity contribution in [3.05, 3.63) is 15.8 Å².